The molecular formula is C16H24N2O2. The highest BCUT2D eigenvalue weighted by atomic mass is 16.5. The number of carbonyl (C=O) groups is 1. The predicted molar refractivity (Wildman–Crippen MR) is 80.1 cm³/mol. The molecule has 0 saturated carbocycles. The van der Waals surface area contributed by atoms with Gasteiger partial charge < -0.3 is 15.0 Å². The van der Waals surface area contributed by atoms with E-state index in [9.17, 15) is 4.79 Å². The van der Waals surface area contributed by atoms with Crippen molar-refractivity contribution < 1.29 is 9.53 Å². The standard InChI is InChI=1S/C16H24N2O2/c1-12-6-5-7-13(2)14(12)20-16(3,4)15(19)18-10-8-17-9-11-18/h5-7,17H,8-11H2,1-4H3. The van der Waals surface area contributed by atoms with Gasteiger partial charge in [-0.2, -0.15) is 0 Å². The summed E-state index contributed by atoms with van der Waals surface area (Å²) in [7, 11) is 0. The maximum atomic E-state index is 12.6. The van der Waals surface area contributed by atoms with Crippen LogP contribution < -0.4 is 10.1 Å². The van der Waals surface area contributed by atoms with Gasteiger partial charge >= 0.3 is 0 Å². The fraction of sp³-hybridized carbons (Fsp3) is 0.562. The molecule has 1 aliphatic heterocycles. The zero-order valence-corrected chi connectivity index (χ0v) is 12.8. The van der Waals surface area contributed by atoms with Crippen molar-refractivity contribution in [3.05, 3.63) is 29.3 Å². The molecule has 1 heterocycles. The topological polar surface area (TPSA) is 41.6 Å². The van der Waals surface area contributed by atoms with Crippen molar-refractivity contribution in [2.75, 3.05) is 26.2 Å². The van der Waals surface area contributed by atoms with Crippen LogP contribution in [0.5, 0.6) is 5.75 Å². The Balaban J connectivity index is 2.15. The number of ether oxygens (including phenoxy) is 1. The lowest BCUT2D eigenvalue weighted by Gasteiger charge is -2.35. The molecule has 0 unspecified atom stereocenters. The lowest BCUT2D eigenvalue weighted by molar-refractivity contribution is -0.146. The minimum atomic E-state index is -0.839. The van der Waals surface area contributed by atoms with Gasteiger partial charge in [-0.1, -0.05) is 18.2 Å². The first-order chi connectivity index (χ1) is 9.42. The number of rotatable bonds is 3. The maximum Gasteiger partial charge on any atom is 0.266 e. The van der Waals surface area contributed by atoms with Crippen LogP contribution >= 0.6 is 0 Å². The van der Waals surface area contributed by atoms with Gasteiger partial charge in [-0.15, -0.1) is 0 Å². The number of nitrogens with zero attached hydrogens (tertiary/aromatic N) is 1. The summed E-state index contributed by atoms with van der Waals surface area (Å²) in [5.41, 5.74) is 1.28. The molecular weight excluding hydrogens is 252 g/mol. The van der Waals surface area contributed by atoms with Gasteiger partial charge in [0, 0.05) is 26.2 Å². The summed E-state index contributed by atoms with van der Waals surface area (Å²) in [6, 6.07) is 6.02. The van der Waals surface area contributed by atoms with Crippen LogP contribution in [0, 0.1) is 13.8 Å². The Kier molecular flexibility index (Phi) is 4.33. The summed E-state index contributed by atoms with van der Waals surface area (Å²) in [6.45, 7) is 10.9. The van der Waals surface area contributed by atoms with E-state index in [0.29, 0.717) is 0 Å². The van der Waals surface area contributed by atoms with Crippen molar-refractivity contribution in [2.24, 2.45) is 0 Å². The summed E-state index contributed by atoms with van der Waals surface area (Å²) in [6.07, 6.45) is 0. The first-order valence-electron chi connectivity index (χ1n) is 7.17. The number of aryl methyl sites for hydroxylation is 2. The molecule has 0 radical (unpaired) electrons. The molecule has 1 aliphatic rings. The van der Waals surface area contributed by atoms with Gasteiger partial charge in [0.05, 0.1) is 0 Å². The van der Waals surface area contributed by atoms with Crippen LogP contribution in [-0.4, -0.2) is 42.6 Å². The van der Waals surface area contributed by atoms with Crippen molar-refractivity contribution in [1.29, 1.82) is 0 Å². The van der Waals surface area contributed by atoms with Crippen molar-refractivity contribution in [3.8, 4) is 5.75 Å². The molecule has 0 spiro atoms. The van der Waals surface area contributed by atoms with Gasteiger partial charge in [0.2, 0.25) is 0 Å². The lowest BCUT2D eigenvalue weighted by atomic mass is 10.1. The molecule has 2 rings (SSSR count). The Morgan fingerprint density at radius 2 is 1.75 bits per heavy atom. The van der Waals surface area contributed by atoms with Crippen molar-refractivity contribution in [2.45, 2.75) is 33.3 Å². The summed E-state index contributed by atoms with van der Waals surface area (Å²) in [4.78, 5) is 14.5. The van der Waals surface area contributed by atoms with Gasteiger partial charge in [-0.3, -0.25) is 4.79 Å². The summed E-state index contributed by atoms with van der Waals surface area (Å²) >= 11 is 0. The first-order valence-corrected chi connectivity index (χ1v) is 7.17. The minimum absolute atomic E-state index is 0.0571. The molecule has 4 nitrogen and oxygen atoms in total. The maximum absolute atomic E-state index is 12.6. The minimum Gasteiger partial charge on any atom is -0.477 e. The fourth-order valence-electron chi connectivity index (χ4n) is 2.51. The van der Waals surface area contributed by atoms with E-state index in [1.165, 1.54) is 0 Å². The molecule has 20 heavy (non-hydrogen) atoms. The number of piperazine rings is 1. The average Bonchev–Trinajstić information content (AvgIpc) is 2.43. The number of benzene rings is 1. The van der Waals surface area contributed by atoms with Crippen molar-refractivity contribution in [1.82, 2.24) is 10.2 Å². The molecule has 0 atom stereocenters. The van der Waals surface area contributed by atoms with Crippen LogP contribution in [0.3, 0.4) is 0 Å². The highest BCUT2D eigenvalue weighted by Gasteiger charge is 2.35. The van der Waals surface area contributed by atoms with E-state index in [2.05, 4.69) is 5.32 Å². The molecule has 1 N–H and O–H groups in total. The number of para-hydroxylation sites is 1. The molecule has 1 fully saturated rings. The van der Waals surface area contributed by atoms with E-state index in [4.69, 9.17) is 4.74 Å². The van der Waals surface area contributed by atoms with Gasteiger partial charge in [-0.05, 0) is 38.8 Å². The zero-order valence-electron chi connectivity index (χ0n) is 12.8. The molecule has 1 saturated heterocycles. The molecule has 1 aromatic carbocycles. The Hall–Kier alpha value is -1.55. The third-order valence-electron chi connectivity index (χ3n) is 3.69. The van der Waals surface area contributed by atoms with Crippen LogP contribution in [0.1, 0.15) is 25.0 Å². The second kappa shape index (κ2) is 5.83. The summed E-state index contributed by atoms with van der Waals surface area (Å²) < 4.78 is 6.07. The average molecular weight is 276 g/mol. The molecule has 0 bridgehead atoms. The van der Waals surface area contributed by atoms with Gasteiger partial charge in [-0.25, -0.2) is 0 Å². The largest absolute Gasteiger partial charge is 0.477 e. The van der Waals surface area contributed by atoms with Crippen molar-refractivity contribution in [3.63, 3.8) is 0 Å². The van der Waals surface area contributed by atoms with Crippen LogP contribution in [0.2, 0.25) is 0 Å². The van der Waals surface area contributed by atoms with E-state index in [0.717, 1.165) is 43.1 Å². The molecule has 1 aromatic rings. The quantitative estimate of drug-likeness (QED) is 0.916. The monoisotopic (exact) mass is 276 g/mol. The second-order valence-electron chi connectivity index (χ2n) is 5.88. The predicted octanol–water partition coefficient (Wildman–Crippen LogP) is 1.89. The van der Waals surface area contributed by atoms with E-state index in [1.807, 2.05) is 50.8 Å². The SMILES string of the molecule is Cc1cccc(C)c1OC(C)(C)C(=O)N1CCNCC1. The summed E-state index contributed by atoms with van der Waals surface area (Å²) in [5.74, 6) is 0.877. The van der Waals surface area contributed by atoms with Gasteiger partial charge in [0.25, 0.3) is 5.91 Å². The van der Waals surface area contributed by atoms with E-state index >= 15 is 0 Å². The van der Waals surface area contributed by atoms with Gasteiger partial charge in [0.1, 0.15) is 5.75 Å². The number of amides is 1. The first kappa shape index (κ1) is 14.9. The number of hydrogen-bond donors (Lipinski definition) is 1. The zero-order chi connectivity index (χ0) is 14.8. The molecule has 1 amide bonds. The lowest BCUT2D eigenvalue weighted by Crippen LogP contribution is -2.54. The van der Waals surface area contributed by atoms with Crippen LogP contribution in [0.15, 0.2) is 18.2 Å². The Labute approximate surface area is 121 Å². The van der Waals surface area contributed by atoms with Crippen LogP contribution in [-0.2, 0) is 4.79 Å². The van der Waals surface area contributed by atoms with Crippen LogP contribution in [0.25, 0.3) is 0 Å². The smallest absolute Gasteiger partial charge is 0.266 e. The summed E-state index contributed by atoms with van der Waals surface area (Å²) in [5, 5.41) is 3.25. The van der Waals surface area contributed by atoms with E-state index in [1.54, 1.807) is 0 Å². The number of hydrogen-bond acceptors (Lipinski definition) is 3. The van der Waals surface area contributed by atoms with Crippen molar-refractivity contribution >= 4 is 5.91 Å². The Morgan fingerprint density at radius 1 is 1.20 bits per heavy atom. The molecule has 0 aromatic heterocycles. The van der Waals surface area contributed by atoms with Crippen LogP contribution in [0.4, 0.5) is 0 Å². The van der Waals surface area contributed by atoms with E-state index < -0.39 is 5.60 Å². The Bertz CT molecular complexity index is 471. The Morgan fingerprint density at radius 3 is 2.30 bits per heavy atom. The third-order valence-corrected chi connectivity index (χ3v) is 3.69. The molecule has 0 aliphatic carbocycles. The van der Waals surface area contributed by atoms with Gasteiger partial charge in [0.15, 0.2) is 5.60 Å². The molecule has 110 valence electrons. The van der Waals surface area contributed by atoms with E-state index in [-0.39, 0.29) is 5.91 Å². The second-order valence-corrected chi connectivity index (χ2v) is 5.88. The highest BCUT2D eigenvalue weighted by Crippen LogP contribution is 2.27. The molecule has 4 heteroatoms. The normalized spacial score (nSPS) is 16.1. The highest BCUT2D eigenvalue weighted by molar-refractivity contribution is 5.85. The number of carbonyl (C=O) groups excluding carboxylic acids is 1. The fourth-order valence-corrected chi connectivity index (χ4v) is 2.51. The number of nitrogens with one attached hydrogen (secondary N) is 1. The third kappa shape index (κ3) is 3.12.